The van der Waals surface area contributed by atoms with Crippen LogP contribution in [-0.4, -0.2) is 5.16 Å². The maximum absolute atomic E-state index is 13.1. The van der Waals surface area contributed by atoms with Gasteiger partial charge < -0.3 is 4.52 Å². The highest BCUT2D eigenvalue weighted by Gasteiger charge is 2.13. The SMILES string of the molecule is Cc1onc(-c2cc(F)cc(Cl)c2)c1Br. The molecule has 0 saturated carbocycles. The van der Waals surface area contributed by atoms with Gasteiger partial charge in [-0.2, -0.15) is 0 Å². The Morgan fingerprint density at radius 3 is 2.67 bits per heavy atom. The van der Waals surface area contributed by atoms with Crippen molar-refractivity contribution in [2.45, 2.75) is 6.92 Å². The Kier molecular flexibility index (Phi) is 2.80. The average molecular weight is 291 g/mol. The summed E-state index contributed by atoms with van der Waals surface area (Å²) in [7, 11) is 0. The highest BCUT2D eigenvalue weighted by atomic mass is 79.9. The molecule has 1 aromatic heterocycles. The first kappa shape index (κ1) is 10.6. The third-order valence-corrected chi connectivity index (χ3v) is 3.08. The van der Waals surface area contributed by atoms with Crippen molar-refractivity contribution in [3.05, 3.63) is 39.3 Å². The van der Waals surface area contributed by atoms with Crippen molar-refractivity contribution in [3.63, 3.8) is 0 Å². The molecule has 2 nitrogen and oxygen atoms in total. The van der Waals surface area contributed by atoms with E-state index in [9.17, 15) is 4.39 Å². The molecular weight excluding hydrogens is 284 g/mol. The second-order valence-corrected chi connectivity index (χ2v) is 4.29. The van der Waals surface area contributed by atoms with E-state index in [4.69, 9.17) is 16.1 Å². The zero-order valence-corrected chi connectivity index (χ0v) is 10.1. The number of aromatic nitrogens is 1. The summed E-state index contributed by atoms with van der Waals surface area (Å²) in [5, 5.41) is 4.15. The molecule has 2 rings (SSSR count). The van der Waals surface area contributed by atoms with Crippen molar-refractivity contribution in [3.8, 4) is 11.3 Å². The molecule has 0 unspecified atom stereocenters. The summed E-state index contributed by atoms with van der Waals surface area (Å²) in [5.41, 5.74) is 1.14. The van der Waals surface area contributed by atoms with Gasteiger partial charge in [0.15, 0.2) is 0 Å². The number of hydrogen-bond acceptors (Lipinski definition) is 2. The summed E-state index contributed by atoms with van der Waals surface area (Å²) in [5.74, 6) is 0.246. The lowest BCUT2D eigenvalue weighted by Gasteiger charge is -1.98. The van der Waals surface area contributed by atoms with Crippen molar-refractivity contribution in [1.82, 2.24) is 5.16 Å². The summed E-state index contributed by atoms with van der Waals surface area (Å²) in [6, 6.07) is 4.23. The summed E-state index contributed by atoms with van der Waals surface area (Å²) >= 11 is 9.06. The Bertz CT molecular complexity index is 492. The molecule has 0 fully saturated rings. The van der Waals surface area contributed by atoms with Crippen molar-refractivity contribution < 1.29 is 8.91 Å². The molecule has 0 saturated heterocycles. The van der Waals surface area contributed by atoms with E-state index in [1.54, 1.807) is 13.0 Å². The van der Waals surface area contributed by atoms with E-state index in [1.165, 1.54) is 12.1 Å². The average Bonchev–Trinajstić information content (AvgIpc) is 2.46. The van der Waals surface area contributed by atoms with Crippen molar-refractivity contribution in [1.29, 1.82) is 0 Å². The fraction of sp³-hybridized carbons (Fsp3) is 0.100. The maximum atomic E-state index is 13.1. The van der Waals surface area contributed by atoms with E-state index in [0.29, 0.717) is 26.5 Å². The lowest BCUT2D eigenvalue weighted by atomic mass is 10.1. The minimum absolute atomic E-state index is 0.331. The van der Waals surface area contributed by atoms with Crippen LogP contribution in [0.2, 0.25) is 5.02 Å². The van der Waals surface area contributed by atoms with Crippen molar-refractivity contribution in [2.75, 3.05) is 0 Å². The molecule has 0 aliphatic heterocycles. The summed E-state index contributed by atoms with van der Waals surface area (Å²) in [6.45, 7) is 1.77. The van der Waals surface area contributed by atoms with Gasteiger partial charge in [-0.15, -0.1) is 0 Å². The van der Waals surface area contributed by atoms with Gasteiger partial charge in [0.2, 0.25) is 0 Å². The molecule has 1 aromatic carbocycles. The van der Waals surface area contributed by atoms with Crippen molar-refractivity contribution in [2.24, 2.45) is 0 Å². The molecule has 5 heteroatoms. The van der Waals surface area contributed by atoms with Crippen LogP contribution >= 0.6 is 27.5 Å². The van der Waals surface area contributed by atoms with Gasteiger partial charge in [-0.05, 0) is 41.1 Å². The normalized spacial score (nSPS) is 10.7. The molecule has 78 valence electrons. The van der Waals surface area contributed by atoms with Crippen LogP contribution in [0.3, 0.4) is 0 Å². The van der Waals surface area contributed by atoms with Crippen molar-refractivity contribution >= 4 is 27.5 Å². The molecule has 2 aromatic rings. The lowest BCUT2D eigenvalue weighted by molar-refractivity contribution is 0.399. The highest BCUT2D eigenvalue weighted by molar-refractivity contribution is 9.10. The largest absolute Gasteiger partial charge is 0.360 e. The van der Waals surface area contributed by atoms with E-state index in [1.807, 2.05) is 0 Å². The number of nitrogens with zero attached hydrogens (tertiary/aromatic N) is 1. The van der Waals surface area contributed by atoms with Crippen LogP contribution in [0.25, 0.3) is 11.3 Å². The Morgan fingerprint density at radius 2 is 2.13 bits per heavy atom. The predicted octanol–water partition coefficient (Wildman–Crippen LogP) is 4.21. The Hall–Kier alpha value is -0.870. The zero-order chi connectivity index (χ0) is 11.0. The van der Waals surface area contributed by atoms with Gasteiger partial charge in [0.05, 0.1) is 4.47 Å². The number of aryl methyl sites for hydroxylation is 1. The quantitative estimate of drug-likeness (QED) is 0.786. The number of benzene rings is 1. The second-order valence-electron chi connectivity index (χ2n) is 3.06. The Labute approximate surface area is 99.2 Å². The standard InChI is InChI=1S/C10H6BrClFNO/c1-5-9(11)10(14-15-5)6-2-7(12)4-8(13)3-6/h2-4H,1H3. The van der Waals surface area contributed by atoms with Gasteiger partial charge in [0.25, 0.3) is 0 Å². The van der Waals surface area contributed by atoms with Gasteiger partial charge >= 0.3 is 0 Å². The summed E-state index contributed by atoms with van der Waals surface area (Å²) < 4.78 is 18.8. The van der Waals surface area contributed by atoms with E-state index in [2.05, 4.69) is 21.1 Å². The molecule has 0 bridgehead atoms. The van der Waals surface area contributed by atoms with E-state index >= 15 is 0 Å². The third-order valence-electron chi connectivity index (χ3n) is 1.93. The van der Waals surface area contributed by atoms with Crippen LogP contribution in [0.4, 0.5) is 4.39 Å². The molecule has 0 atom stereocenters. The van der Waals surface area contributed by atoms with E-state index in [0.717, 1.165) is 0 Å². The first-order chi connectivity index (χ1) is 7.08. The summed E-state index contributed by atoms with van der Waals surface area (Å²) in [4.78, 5) is 0. The van der Waals surface area contributed by atoms with Crippen LogP contribution < -0.4 is 0 Å². The second kappa shape index (κ2) is 3.94. The van der Waals surface area contributed by atoms with Crippen LogP contribution in [0, 0.1) is 12.7 Å². The fourth-order valence-electron chi connectivity index (χ4n) is 1.23. The van der Waals surface area contributed by atoms with Crippen LogP contribution in [0.15, 0.2) is 27.2 Å². The number of hydrogen-bond donors (Lipinski definition) is 0. The number of rotatable bonds is 1. The van der Waals surface area contributed by atoms with Gasteiger partial charge in [0.1, 0.15) is 17.3 Å². The fourth-order valence-corrected chi connectivity index (χ4v) is 1.83. The minimum Gasteiger partial charge on any atom is -0.360 e. The molecule has 0 N–H and O–H groups in total. The van der Waals surface area contributed by atoms with E-state index in [-0.39, 0.29) is 0 Å². The van der Waals surface area contributed by atoms with Gasteiger partial charge in [-0.25, -0.2) is 4.39 Å². The van der Waals surface area contributed by atoms with Crippen LogP contribution in [0.5, 0.6) is 0 Å². The molecule has 0 radical (unpaired) electrons. The van der Waals surface area contributed by atoms with Gasteiger partial charge in [-0.3, -0.25) is 0 Å². The van der Waals surface area contributed by atoms with Gasteiger partial charge in [-0.1, -0.05) is 16.8 Å². The molecular formula is C10H6BrClFNO. The predicted molar refractivity (Wildman–Crippen MR) is 59.3 cm³/mol. The minimum atomic E-state index is -0.398. The molecule has 15 heavy (non-hydrogen) atoms. The molecule has 1 heterocycles. The first-order valence-corrected chi connectivity index (χ1v) is 5.33. The number of halogens is 3. The highest BCUT2D eigenvalue weighted by Crippen LogP contribution is 2.31. The molecule has 0 aliphatic carbocycles. The zero-order valence-electron chi connectivity index (χ0n) is 7.72. The van der Waals surface area contributed by atoms with Crippen LogP contribution in [-0.2, 0) is 0 Å². The maximum Gasteiger partial charge on any atom is 0.148 e. The topological polar surface area (TPSA) is 26.0 Å². The molecule has 0 amide bonds. The Balaban J connectivity index is 2.58. The lowest BCUT2D eigenvalue weighted by Crippen LogP contribution is -1.82. The van der Waals surface area contributed by atoms with Gasteiger partial charge in [0, 0.05) is 10.6 Å². The smallest absolute Gasteiger partial charge is 0.148 e. The van der Waals surface area contributed by atoms with E-state index < -0.39 is 5.82 Å². The first-order valence-electron chi connectivity index (χ1n) is 4.16. The molecule has 0 spiro atoms. The summed E-state index contributed by atoms with van der Waals surface area (Å²) in [6.07, 6.45) is 0. The molecule has 0 aliphatic rings. The third kappa shape index (κ3) is 2.06. The van der Waals surface area contributed by atoms with Crippen LogP contribution in [0.1, 0.15) is 5.76 Å². The Morgan fingerprint density at radius 1 is 1.40 bits per heavy atom. The monoisotopic (exact) mass is 289 g/mol.